The summed E-state index contributed by atoms with van der Waals surface area (Å²) in [5.74, 6) is 0.670. The van der Waals surface area contributed by atoms with Crippen LogP contribution < -0.4 is 5.73 Å². The Morgan fingerprint density at radius 2 is 2.45 bits per heavy atom. The van der Waals surface area contributed by atoms with Gasteiger partial charge in [-0.25, -0.2) is 4.39 Å². The number of aliphatic hydroxyl groups excluding tert-OH is 1. The van der Waals surface area contributed by atoms with E-state index < -0.39 is 11.7 Å². The first kappa shape index (κ1) is 14.1. The van der Waals surface area contributed by atoms with Gasteiger partial charge in [0.2, 0.25) is 0 Å². The van der Waals surface area contributed by atoms with Crippen molar-refractivity contribution in [3.63, 3.8) is 0 Å². The molecule has 0 saturated carbocycles. The predicted octanol–water partition coefficient (Wildman–Crippen LogP) is 1.41. The minimum absolute atomic E-state index is 0.0328. The molecule has 0 radical (unpaired) electrons. The summed E-state index contributed by atoms with van der Waals surface area (Å²) in [6, 6.07) is 0. The maximum Gasteiger partial charge on any atom is 0.154 e. The molecular formula is C14H19FN2O2S. The van der Waals surface area contributed by atoms with Gasteiger partial charge in [-0.1, -0.05) is 30.0 Å². The number of nitrogens with two attached hydrogens (primary N) is 1. The first-order chi connectivity index (χ1) is 9.67. The summed E-state index contributed by atoms with van der Waals surface area (Å²) in [7, 11) is 0. The number of thioether (sulfide) groups is 1. The van der Waals surface area contributed by atoms with Crippen LogP contribution in [0.4, 0.5) is 4.39 Å². The lowest BCUT2D eigenvalue weighted by atomic mass is 9.70. The molecule has 3 rings (SSSR count). The second-order valence-corrected chi connectivity index (χ2v) is 6.43. The summed E-state index contributed by atoms with van der Waals surface area (Å²) in [5.41, 5.74) is 5.95. The average molecular weight is 298 g/mol. The third-order valence-corrected chi connectivity index (χ3v) is 5.28. The number of alkyl halides is 1. The van der Waals surface area contributed by atoms with Crippen molar-refractivity contribution in [2.75, 3.05) is 19.0 Å². The standard InChI is InChI=1S/C14H19FN2O2S/c15-11-4-2-1-3-9(11)14-5-6-19-12(7-18)10(14)8-20-13(16)17-14/h1-3,10-12,18H,4-8H2,(H2,16,17)/t10-,11?,12-,14-/m1/s1. The Kier molecular flexibility index (Phi) is 3.88. The van der Waals surface area contributed by atoms with Crippen molar-refractivity contribution in [3.8, 4) is 0 Å². The van der Waals surface area contributed by atoms with Gasteiger partial charge in [0.05, 0.1) is 18.2 Å². The van der Waals surface area contributed by atoms with Crippen molar-refractivity contribution in [3.05, 3.63) is 23.8 Å². The average Bonchev–Trinajstić information content (AvgIpc) is 2.46. The quantitative estimate of drug-likeness (QED) is 0.809. The predicted molar refractivity (Wildman–Crippen MR) is 78.5 cm³/mol. The second kappa shape index (κ2) is 5.50. The summed E-state index contributed by atoms with van der Waals surface area (Å²) >= 11 is 1.46. The van der Waals surface area contributed by atoms with Crippen LogP contribution in [-0.2, 0) is 4.74 Å². The van der Waals surface area contributed by atoms with Crippen molar-refractivity contribution in [1.29, 1.82) is 0 Å². The van der Waals surface area contributed by atoms with Crippen molar-refractivity contribution < 1.29 is 14.2 Å². The number of ether oxygens (including phenoxy) is 1. The van der Waals surface area contributed by atoms with E-state index in [0.29, 0.717) is 35.9 Å². The van der Waals surface area contributed by atoms with Crippen LogP contribution in [0.3, 0.4) is 0 Å². The van der Waals surface area contributed by atoms with Gasteiger partial charge in [0.25, 0.3) is 0 Å². The highest BCUT2D eigenvalue weighted by Crippen LogP contribution is 2.47. The van der Waals surface area contributed by atoms with Gasteiger partial charge >= 0.3 is 0 Å². The SMILES string of the molecule is NC1=N[C@@]2(C3=CC=CCC3F)CCO[C@H](CO)[C@H]2CS1. The van der Waals surface area contributed by atoms with Crippen LogP contribution >= 0.6 is 11.8 Å². The van der Waals surface area contributed by atoms with E-state index in [-0.39, 0.29) is 18.6 Å². The zero-order valence-corrected chi connectivity index (χ0v) is 12.0. The van der Waals surface area contributed by atoms with E-state index in [1.165, 1.54) is 11.8 Å². The molecule has 1 unspecified atom stereocenters. The molecule has 0 amide bonds. The van der Waals surface area contributed by atoms with E-state index in [2.05, 4.69) is 4.99 Å². The van der Waals surface area contributed by atoms with Gasteiger partial charge in [0, 0.05) is 31.1 Å². The molecule has 2 aliphatic heterocycles. The number of allylic oxidation sites excluding steroid dienone is 3. The monoisotopic (exact) mass is 298 g/mol. The minimum atomic E-state index is -1.03. The number of fused-ring (bicyclic) bond motifs is 1. The number of halogens is 1. The molecule has 6 heteroatoms. The van der Waals surface area contributed by atoms with Crippen LogP contribution in [0.5, 0.6) is 0 Å². The smallest absolute Gasteiger partial charge is 0.154 e. The van der Waals surface area contributed by atoms with Crippen LogP contribution in [0.25, 0.3) is 0 Å². The summed E-state index contributed by atoms with van der Waals surface area (Å²) < 4.78 is 20.1. The molecule has 3 aliphatic rings. The molecule has 0 aromatic rings. The van der Waals surface area contributed by atoms with Crippen molar-refractivity contribution >= 4 is 16.9 Å². The Balaban J connectivity index is 2.06. The Bertz CT molecular complexity index is 480. The number of nitrogens with zero attached hydrogens (tertiary/aromatic N) is 1. The molecule has 4 nitrogen and oxygen atoms in total. The zero-order chi connectivity index (χ0) is 14.2. The van der Waals surface area contributed by atoms with Gasteiger partial charge in [0.15, 0.2) is 5.17 Å². The van der Waals surface area contributed by atoms with E-state index in [1.807, 2.05) is 18.2 Å². The topological polar surface area (TPSA) is 67.8 Å². The number of amidine groups is 1. The highest BCUT2D eigenvalue weighted by Gasteiger charge is 2.52. The van der Waals surface area contributed by atoms with E-state index in [0.717, 1.165) is 0 Å². The normalized spacial score (nSPS) is 40.8. The summed E-state index contributed by atoms with van der Waals surface area (Å²) in [5, 5.41) is 10.0. The zero-order valence-electron chi connectivity index (χ0n) is 11.2. The minimum Gasteiger partial charge on any atom is -0.394 e. The molecule has 110 valence electrons. The number of hydrogen-bond acceptors (Lipinski definition) is 5. The van der Waals surface area contributed by atoms with Crippen LogP contribution in [0.1, 0.15) is 12.8 Å². The van der Waals surface area contributed by atoms with E-state index >= 15 is 0 Å². The van der Waals surface area contributed by atoms with Gasteiger partial charge in [-0.3, -0.25) is 4.99 Å². The molecule has 0 aromatic heterocycles. The second-order valence-electron chi connectivity index (χ2n) is 5.39. The molecule has 0 spiro atoms. The lowest BCUT2D eigenvalue weighted by Crippen LogP contribution is -2.56. The highest BCUT2D eigenvalue weighted by molar-refractivity contribution is 8.13. The molecule has 3 N–H and O–H groups in total. The molecule has 2 heterocycles. The van der Waals surface area contributed by atoms with E-state index in [4.69, 9.17) is 10.5 Å². The fraction of sp³-hybridized carbons (Fsp3) is 0.643. The first-order valence-corrected chi connectivity index (χ1v) is 7.88. The maximum atomic E-state index is 14.4. The number of aliphatic hydroxyl groups is 1. The summed E-state index contributed by atoms with van der Waals surface area (Å²) in [6.07, 6.45) is 5.21. The van der Waals surface area contributed by atoms with Crippen LogP contribution in [0.2, 0.25) is 0 Å². The van der Waals surface area contributed by atoms with Crippen LogP contribution in [0, 0.1) is 5.92 Å². The van der Waals surface area contributed by atoms with Crippen molar-refractivity contribution in [2.24, 2.45) is 16.6 Å². The van der Waals surface area contributed by atoms with Gasteiger partial charge in [0.1, 0.15) is 6.17 Å². The Hall–Kier alpha value is -0.850. The highest BCUT2D eigenvalue weighted by atomic mass is 32.2. The van der Waals surface area contributed by atoms with Crippen molar-refractivity contribution in [2.45, 2.75) is 30.7 Å². The van der Waals surface area contributed by atoms with Gasteiger partial charge in [-0.2, -0.15) is 0 Å². The Morgan fingerprint density at radius 3 is 3.20 bits per heavy atom. The Morgan fingerprint density at radius 1 is 1.60 bits per heavy atom. The van der Waals surface area contributed by atoms with E-state index in [9.17, 15) is 9.50 Å². The molecule has 20 heavy (non-hydrogen) atoms. The third-order valence-electron chi connectivity index (χ3n) is 4.37. The molecule has 4 atom stereocenters. The molecule has 0 bridgehead atoms. The van der Waals surface area contributed by atoms with Crippen LogP contribution in [-0.4, -0.2) is 47.1 Å². The number of aliphatic imine (C=N–C) groups is 1. The fourth-order valence-corrected chi connectivity index (χ4v) is 4.45. The summed E-state index contributed by atoms with van der Waals surface area (Å²) in [6.45, 7) is 0.402. The molecule has 0 aromatic carbocycles. The van der Waals surface area contributed by atoms with Gasteiger partial charge < -0.3 is 15.6 Å². The fourth-order valence-electron chi connectivity index (χ4n) is 3.38. The van der Waals surface area contributed by atoms with Gasteiger partial charge in [-0.15, -0.1) is 0 Å². The largest absolute Gasteiger partial charge is 0.394 e. The molecule has 1 fully saturated rings. The first-order valence-electron chi connectivity index (χ1n) is 6.89. The summed E-state index contributed by atoms with van der Waals surface area (Å²) in [4.78, 5) is 4.63. The van der Waals surface area contributed by atoms with Crippen molar-refractivity contribution in [1.82, 2.24) is 0 Å². The molecule has 1 aliphatic carbocycles. The third kappa shape index (κ3) is 2.19. The molecule has 1 saturated heterocycles. The van der Waals surface area contributed by atoms with E-state index in [1.54, 1.807) is 0 Å². The molecular weight excluding hydrogens is 279 g/mol. The van der Waals surface area contributed by atoms with Gasteiger partial charge in [-0.05, 0) is 5.57 Å². The Labute approximate surface area is 122 Å². The number of rotatable bonds is 2. The lowest BCUT2D eigenvalue weighted by Gasteiger charge is -2.49. The number of hydrogen-bond donors (Lipinski definition) is 2. The van der Waals surface area contributed by atoms with Crippen LogP contribution in [0.15, 0.2) is 28.8 Å². The maximum absolute atomic E-state index is 14.4. The lowest BCUT2D eigenvalue weighted by molar-refractivity contribution is -0.0757.